The normalized spacial score (nSPS) is 10.9. The molecule has 0 unspecified atom stereocenters. The Hall–Kier alpha value is -2.22. The Bertz CT molecular complexity index is 782. The van der Waals surface area contributed by atoms with Gasteiger partial charge in [-0.05, 0) is 34.1 Å². The van der Waals surface area contributed by atoms with Crippen molar-refractivity contribution in [3.05, 3.63) is 34.7 Å². The number of nitrogens with zero attached hydrogens (tertiary/aromatic N) is 4. The van der Waals surface area contributed by atoms with Gasteiger partial charge in [0.2, 0.25) is 5.82 Å². The number of benzene rings is 1. The van der Waals surface area contributed by atoms with Crippen LogP contribution in [0.1, 0.15) is 0 Å². The molecule has 2 heterocycles. The van der Waals surface area contributed by atoms with Crippen LogP contribution in [-0.2, 0) is 7.05 Å². The summed E-state index contributed by atoms with van der Waals surface area (Å²) < 4.78 is 20.2. The Balaban J connectivity index is 2.01. The van der Waals surface area contributed by atoms with E-state index in [1.54, 1.807) is 25.4 Å². The predicted octanol–water partition coefficient (Wildman–Crippen LogP) is 2.62. The van der Waals surface area contributed by atoms with E-state index in [0.29, 0.717) is 27.2 Å². The van der Waals surface area contributed by atoms with Gasteiger partial charge < -0.3 is 10.3 Å². The molecule has 8 heteroatoms. The fourth-order valence-electron chi connectivity index (χ4n) is 1.70. The quantitative estimate of drug-likeness (QED) is 0.777. The second kappa shape index (κ2) is 4.71. The number of aromatic nitrogens is 4. The zero-order chi connectivity index (χ0) is 14.3. The molecule has 0 aliphatic carbocycles. The zero-order valence-corrected chi connectivity index (χ0v) is 11.9. The number of anilines is 1. The number of rotatable bonds is 2. The first-order valence-electron chi connectivity index (χ1n) is 5.63. The Kier molecular flexibility index (Phi) is 3.01. The van der Waals surface area contributed by atoms with Gasteiger partial charge in [-0.25, -0.2) is 4.39 Å². The van der Waals surface area contributed by atoms with Gasteiger partial charge in [-0.3, -0.25) is 4.68 Å². The molecule has 0 saturated heterocycles. The molecular weight excluding hydrogens is 329 g/mol. The molecule has 20 heavy (non-hydrogen) atoms. The SMILES string of the molecule is Cn1ncc(-c2nc(-c3ccc(F)c(Br)c3)no2)c1N. The second-order valence-electron chi connectivity index (χ2n) is 4.12. The summed E-state index contributed by atoms with van der Waals surface area (Å²) >= 11 is 3.12. The number of hydrogen-bond acceptors (Lipinski definition) is 5. The van der Waals surface area contributed by atoms with Crippen LogP contribution in [0.4, 0.5) is 10.2 Å². The van der Waals surface area contributed by atoms with Crippen molar-refractivity contribution in [2.75, 3.05) is 5.73 Å². The molecule has 102 valence electrons. The maximum absolute atomic E-state index is 13.2. The minimum absolute atomic E-state index is 0.269. The van der Waals surface area contributed by atoms with Crippen molar-refractivity contribution in [1.29, 1.82) is 0 Å². The Morgan fingerprint density at radius 1 is 1.40 bits per heavy atom. The van der Waals surface area contributed by atoms with E-state index in [0.717, 1.165) is 0 Å². The van der Waals surface area contributed by atoms with Crippen LogP contribution in [0.25, 0.3) is 22.8 Å². The summed E-state index contributed by atoms with van der Waals surface area (Å²) in [6.45, 7) is 0. The summed E-state index contributed by atoms with van der Waals surface area (Å²) in [7, 11) is 1.72. The minimum Gasteiger partial charge on any atom is -0.383 e. The van der Waals surface area contributed by atoms with Gasteiger partial charge in [0.15, 0.2) is 0 Å². The molecule has 0 aliphatic heterocycles. The molecule has 2 aromatic heterocycles. The molecule has 6 nitrogen and oxygen atoms in total. The predicted molar refractivity (Wildman–Crippen MR) is 74.0 cm³/mol. The Morgan fingerprint density at radius 3 is 2.85 bits per heavy atom. The van der Waals surface area contributed by atoms with Crippen LogP contribution in [0.5, 0.6) is 0 Å². The smallest absolute Gasteiger partial charge is 0.263 e. The summed E-state index contributed by atoms with van der Waals surface area (Å²) in [6.07, 6.45) is 1.55. The molecule has 0 atom stereocenters. The van der Waals surface area contributed by atoms with Crippen molar-refractivity contribution < 1.29 is 8.91 Å². The van der Waals surface area contributed by atoms with Gasteiger partial charge in [-0.15, -0.1) is 0 Å². The van der Waals surface area contributed by atoms with Gasteiger partial charge in [-0.1, -0.05) is 5.16 Å². The lowest BCUT2D eigenvalue weighted by molar-refractivity contribution is 0.432. The topological polar surface area (TPSA) is 82.8 Å². The highest BCUT2D eigenvalue weighted by Crippen LogP contribution is 2.27. The van der Waals surface area contributed by atoms with Crippen LogP contribution in [-0.4, -0.2) is 19.9 Å². The molecule has 1 aromatic carbocycles. The van der Waals surface area contributed by atoms with E-state index in [9.17, 15) is 4.39 Å². The number of nitrogens with two attached hydrogens (primary N) is 1. The second-order valence-corrected chi connectivity index (χ2v) is 4.97. The number of aryl methyl sites for hydroxylation is 1. The van der Waals surface area contributed by atoms with Crippen LogP contribution in [0, 0.1) is 5.82 Å². The van der Waals surface area contributed by atoms with Crippen molar-refractivity contribution in [2.45, 2.75) is 0 Å². The van der Waals surface area contributed by atoms with Gasteiger partial charge >= 0.3 is 0 Å². The van der Waals surface area contributed by atoms with Crippen LogP contribution in [0.2, 0.25) is 0 Å². The van der Waals surface area contributed by atoms with E-state index in [-0.39, 0.29) is 11.7 Å². The van der Waals surface area contributed by atoms with Crippen molar-refractivity contribution in [1.82, 2.24) is 19.9 Å². The third kappa shape index (κ3) is 2.07. The highest BCUT2D eigenvalue weighted by atomic mass is 79.9. The highest BCUT2D eigenvalue weighted by molar-refractivity contribution is 9.10. The molecule has 0 radical (unpaired) electrons. The molecule has 3 aromatic rings. The molecule has 0 amide bonds. The van der Waals surface area contributed by atoms with Crippen LogP contribution in [0.15, 0.2) is 33.4 Å². The average molecular weight is 338 g/mol. The number of nitrogen functional groups attached to an aromatic ring is 1. The fraction of sp³-hybridized carbons (Fsp3) is 0.0833. The van der Waals surface area contributed by atoms with Crippen LogP contribution < -0.4 is 5.73 Å². The van der Waals surface area contributed by atoms with Crippen molar-refractivity contribution >= 4 is 21.7 Å². The lowest BCUT2D eigenvalue weighted by Crippen LogP contribution is -1.98. The van der Waals surface area contributed by atoms with Gasteiger partial charge in [0, 0.05) is 12.6 Å². The molecule has 3 rings (SSSR count). The third-order valence-corrected chi connectivity index (χ3v) is 3.43. The molecular formula is C12H9BrFN5O. The summed E-state index contributed by atoms with van der Waals surface area (Å²) in [4.78, 5) is 4.24. The monoisotopic (exact) mass is 337 g/mol. The third-order valence-electron chi connectivity index (χ3n) is 2.82. The first-order valence-corrected chi connectivity index (χ1v) is 6.42. The van der Waals surface area contributed by atoms with Crippen molar-refractivity contribution in [2.24, 2.45) is 7.05 Å². The first kappa shape index (κ1) is 12.8. The fourth-order valence-corrected chi connectivity index (χ4v) is 2.08. The van der Waals surface area contributed by atoms with E-state index >= 15 is 0 Å². The van der Waals surface area contributed by atoms with Gasteiger partial charge in [0.1, 0.15) is 17.2 Å². The van der Waals surface area contributed by atoms with Crippen molar-refractivity contribution in [3.63, 3.8) is 0 Å². The standard InChI is InChI=1S/C12H9BrFN5O/c1-19-10(15)7(5-16-19)12-17-11(18-20-12)6-2-3-9(14)8(13)4-6/h2-5H,15H2,1H3. The van der Waals surface area contributed by atoms with E-state index in [2.05, 4.69) is 31.2 Å². The lowest BCUT2D eigenvalue weighted by atomic mass is 10.2. The summed E-state index contributed by atoms with van der Waals surface area (Å²) in [5.74, 6) is 0.699. The van der Waals surface area contributed by atoms with Crippen molar-refractivity contribution in [3.8, 4) is 22.8 Å². The van der Waals surface area contributed by atoms with Gasteiger partial charge in [0.25, 0.3) is 5.89 Å². The first-order chi connectivity index (χ1) is 9.56. The maximum Gasteiger partial charge on any atom is 0.263 e. The van der Waals surface area contributed by atoms with E-state index < -0.39 is 0 Å². The average Bonchev–Trinajstić information content (AvgIpc) is 3.02. The van der Waals surface area contributed by atoms with Gasteiger partial charge in [-0.2, -0.15) is 10.1 Å². The lowest BCUT2D eigenvalue weighted by Gasteiger charge is -1.96. The molecule has 2 N–H and O–H groups in total. The van der Waals surface area contributed by atoms with E-state index in [1.165, 1.54) is 10.7 Å². The van der Waals surface area contributed by atoms with Gasteiger partial charge in [0.05, 0.1) is 10.7 Å². The van der Waals surface area contributed by atoms with E-state index in [4.69, 9.17) is 10.3 Å². The Labute approximate surface area is 121 Å². The van der Waals surface area contributed by atoms with Crippen LogP contribution >= 0.6 is 15.9 Å². The molecule has 0 aliphatic rings. The number of hydrogen-bond donors (Lipinski definition) is 1. The summed E-state index contributed by atoms with van der Waals surface area (Å²) in [5, 5.41) is 7.87. The maximum atomic E-state index is 13.2. The molecule has 0 bridgehead atoms. The van der Waals surface area contributed by atoms with Crippen LogP contribution in [0.3, 0.4) is 0 Å². The Morgan fingerprint density at radius 2 is 2.20 bits per heavy atom. The van der Waals surface area contributed by atoms with E-state index in [1.807, 2.05) is 0 Å². The summed E-state index contributed by atoms with van der Waals surface area (Å²) in [6, 6.07) is 4.48. The summed E-state index contributed by atoms with van der Waals surface area (Å²) in [5.41, 5.74) is 7.04. The molecule has 0 saturated carbocycles. The largest absolute Gasteiger partial charge is 0.383 e. The molecule has 0 fully saturated rings. The number of halogens is 2. The highest BCUT2D eigenvalue weighted by Gasteiger charge is 2.16. The molecule has 0 spiro atoms. The zero-order valence-electron chi connectivity index (χ0n) is 10.3. The minimum atomic E-state index is -0.353.